The van der Waals surface area contributed by atoms with Crippen molar-refractivity contribution in [1.29, 1.82) is 5.26 Å². The van der Waals surface area contributed by atoms with Crippen LogP contribution in [0.5, 0.6) is 0 Å². The van der Waals surface area contributed by atoms with Crippen LogP contribution in [0.15, 0.2) is 82.4 Å². The number of nitriles is 1. The zero-order valence-corrected chi connectivity index (χ0v) is 19.5. The van der Waals surface area contributed by atoms with E-state index in [9.17, 15) is 13.2 Å². The zero-order chi connectivity index (χ0) is 24.4. The topological polar surface area (TPSA) is 116 Å². The van der Waals surface area contributed by atoms with Gasteiger partial charge in [0.15, 0.2) is 0 Å². The molecule has 0 bridgehead atoms. The van der Waals surface area contributed by atoms with Gasteiger partial charge in [0.2, 0.25) is 11.0 Å². The van der Waals surface area contributed by atoms with Gasteiger partial charge in [-0.3, -0.25) is 9.78 Å². The lowest BCUT2D eigenvalue weighted by atomic mass is 10.1. The number of aromatic nitrogens is 1. The monoisotopic (exact) mass is 486 g/mol. The Bertz CT molecular complexity index is 1500. The van der Waals surface area contributed by atoms with Crippen LogP contribution in [-0.4, -0.2) is 36.2 Å². The predicted octanol–water partition coefficient (Wildman–Crippen LogP) is 3.84. The Balaban J connectivity index is 1.29. The largest absolute Gasteiger partial charge is 0.443 e. The average Bonchev–Trinajstić information content (AvgIpc) is 3.56. The maximum Gasteiger partial charge on any atom is 0.277 e. The highest BCUT2D eigenvalue weighted by Gasteiger charge is 2.41. The standard InChI is InChI=1S/C26H22N4O4S/c27-16-18-7-9-20(10-8-18)22-14-19(11-12-28-22)17-29-26(31)23-5-3-13-30(23)35(32,33)25-15-21-4-1-2-6-24(21)34-25/h1-2,4,6-12,14-15,23H,3,5,13,17H2,(H,29,31). The average molecular weight is 487 g/mol. The van der Waals surface area contributed by atoms with Crippen LogP contribution in [0, 0.1) is 11.3 Å². The minimum Gasteiger partial charge on any atom is -0.443 e. The van der Waals surface area contributed by atoms with Gasteiger partial charge in [0.1, 0.15) is 11.6 Å². The third-order valence-electron chi connectivity index (χ3n) is 6.07. The summed E-state index contributed by atoms with van der Waals surface area (Å²) >= 11 is 0. The fourth-order valence-electron chi connectivity index (χ4n) is 4.25. The second-order valence-electron chi connectivity index (χ2n) is 8.33. The molecule has 4 aromatic rings. The number of hydrogen-bond donors (Lipinski definition) is 1. The third kappa shape index (κ3) is 4.54. The molecule has 3 heterocycles. The van der Waals surface area contributed by atoms with Gasteiger partial charge in [-0.25, -0.2) is 8.42 Å². The maximum atomic E-state index is 13.3. The summed E-state index contributed by atoms with van der Waals surface area (Å²) in [5, 5.41) is 12.4. The van der Waals surface area contributed by atoms with Gasteiger partial charge in [0, 0.05) is 36.3 Å². The van der Waals surface area contributed by atoms with E-state index >= 15 is 0 Å². The van der Waals surface area contributed by atoms with E-state index in [0.717, 1.165) is 16.8 Å². The molecule has 1 N–H and O–H groups in total. The van der Waals surface area contributed by atoms with Gasteiger partial charge in [-0.15, -0.1) is 0 Å². The Morgan fingerprint density at radius 3 is 2.71 bits per heavy atom. The molecule has 2 aromatic heterocycles. The van der Waals surface area contributed by atoms with E-state index in [0.29, 0.717) is 29.4 Å². The maximum absolute atomic E-state index is 13.3. The molecule has 2 aromatic carbocycles. The van der Waals surface area contributed by atoms with Gasteiger partial charge in [-0.05, 0) is 48.7 Å². The summed E-state index contributed by atoms with van der Waals surface area (Å²) in [7, 11) is -3.95. The lowest BCUT2D eigenvalue weighted by Crippen LogP contribution is -2.45. The number of nitrogens with zero attached hydrogens (tertiary/aromatic N) is 3. The fourth-order valence-corrected chi connectivity index (χ4v) is 5.86. The second-order valence-corrected chi connectivity index (χ2v) is 10.2. The number of furan rings is 1. The minimum atomic E-state index is -3.95. The Morgan fingerprint density at radius 2 is 1.94 bits per heavy atom. The van der Waals surface area contributed by atoms with E-state index in [-0.39, 0.29) is 24.1 Å². The van der Waals surface area contributed by atoms with Gasteiger partial charge in [-0.1, -0.05) is 30.3 Å². The SMILES string of the molecule is N#Cc1ccc(-c2cc(CNC(=O)C3CCCN3S(=O)(=O)c3cc4ccccc4o3)ccn2)cc1. The molecule has 1 saturated heterocycles. The van der Waals surface area contributed by atoms with Crippen LogP contribution in [0.2, 0.25) is 0 Å². The number of hydrogen-bond acceptors (Lipinski definition) is 6. The Morgan fingerprint density at radius 1 is 1.14 bits per heavy atom. The number of benzene rings is 2. The lowest BCUT2D eigenvalue weighted by Gasteiger charge is -2.22. The molecule has 0 spiro atoms. The Labute approximate surface area is 202 Å². The van der Waals surface area contributed by atoms with E-state index in [4.69, 9.17) is 9.68 Å². The highest BCUT2D eigenvalue weighted by Crippen LogP contribution is 2.30. The first-order chi connectivity index (χ1) is 17.0. The van der Waals surface area contributed by atoms with Crippen molar-refractivity contribution in [2.45, 2.75) is 30.5 Å². The zero-order valence-electron chi connectivity index (χ0n) is 18.7. The molecule has 8 nitrogen and oxygen atoms in total. The number of nitrogens with one attached hydrogen (secondary N) is 1. The van der Waals surface area contributed by atoms with Crippen molar-refractivity contribution in [3.05, 3.63) is 84.1 Å². The molecule has 1 amide bonds. The normalized spacial score (nSPS) is 16.3. The first-order valence-corrected chi connectivity index (χ1v) is 12.6. The van der Waals surface area contributed by atoms with Gasteiger partial charge >= 0.3 is 0 Å². The first kappa shape index (κ1) is 22.8. The summed E-state index contributed by atoms with van der Waals surface area (Å²) in [6.45, 7) is 0.495. The van der Waals surface area contributed by atoms with Crippen LogP contribution < -0.4 is 5.32 Å². The van der Waals surface area contributed by atoms with Crippen LogP contribution in [0.1, 0.15) is 24.0 Å². The molecular formula is C26H22N4O4S. The number of carbonyl (C=O) groups is 1. The molecule has 1 atom stereocenters. The number of fused-ring (bicyclic) bond motifs is 1. The van der Waals surface area contributed by atoms with E-state index in [1.165, 1.54) is 10.4 Å². The van der Waals surface area contributed by atoms with Crippen molar-refractivity contribution in [1.82, 2.24) is 14.6 Å². The summed E-state index contributed by atoms with van der Waals surface area (Å²) in [4.78, 5) is 17.4. The molecular weight excluding hydrogens is 464 g/mol. The third-order valence-corrected chi connectivity index (χ3v) is 7.84. The van der Waals surface area contributed by atoms with Gasteiger partial charge in [0.25, 0.3) is 10.0 Å². The summed E-state index contributed by atoms with van der Waals surface area (Å²) < 4.78 is 33.3. The summed E-state index contributed by atoms with van der Waals surface area (Å²) in [5.41, 5.74) is 3.46. The summed E-state index contributed by atoms with van der Waals surface area (Å²) in [6, 6.07) is 20.6. The fraction of sp³-hybridized carbons (Fsp3) is 0.192. The molecule has 0 saturated carbocycles. The van der Waals surface area contributed by atoms with Crippen molar-refractivity contribution >= 4 is 26.9 Å². The van der Waals surface area contributed by atoms with Crippen molar-refractivity contribution in [3.8, 4) is 17.3 Å². The molecule has 35 heavy (non-hydrogen) atoms. The van der Waals surface area contributed by atoms with Crippen LogP contribution in [0.4, 0.5) is 0 Å². The number of amides is 1. The van der Waals surface area contributed by atoms with E-state index < -0.39 is 16.1 Å². The molecule has 176 valence electrons. The highest BCUT2D eigenvalue weighted by atomic mass is 32.2. The molecule has 1 unspecified atom stereocenters. The second kappa shape index (κ2) is 9.33. The molecule has 9 heteroatoms. The number of carbonyl (C=O) groups excluding carboxylic acids is 1. The molecule has 0 aliphatic carbocycles. The van der Waals surface area contributed by atoms with Crippen LogP contribution in [-0.2, 0) is 21.4 Å². The van der Waals surface area contributed by atoms with Crippen LogP contribution in [0.3, 0.4) is 0 Å². The van der Waals surface area contributed by atoms with E-state index in [1.807, 2.05) is 24.3 Å². The quantitative estimate of drug-likeness (QED) is 0.443. The minimum absolute atomic E-state index is 0.153. The Hall–Kier alpha value is -4.00. The lowest BCUT2D eigenvalue weighted by molar-refractivity contribution is -0.124. The smallest absolute Gasteiger partial charge is 0.277 e. The number of sulfonamides is 1. The van der Waals surface area contributed by atoms with Crippen molar-refractivity contribution in [2.24, 2.45) is 0 Å². The van der Waals surface area contributed by atoms with E-state index in [1.54, 1.807) is 42.6 Å². The number of para-hydroxylation sites is 1. The summed E-state index contributed by atoms with van der Waals surface area (Å²) in [5.74, 6) is -0.348. The van der Waals surface area contributed by atoms with Crippen LogP contribution >= 0.6 is 0 Å². The number of rotatable bonds is 6. The first-order valence-electron chi connectivity index (χ1n) is 11.2. The molecule has 0 radical (unpaired) electrons. The molecule has 1 fully saturated rings. The molecule has 1 aliphatic rings. The molecule has 1 aliphatic heterocycles. The highest BCUT2D eigenvalue weighted by molar-refractivity contribution is 7.89. The predicted molar refractivity (Wildman–Crippen MR) is 129 cm³/mol. The van der Waals surface area contributed by atoms with Crippen molar-refractivity contribution in [2.75, 3.05) is 6.54 Å². The van der Waals surface area contributed by atoms with Crippen molar-refractivity contribution < 1.29 is 17.6 Å². The molecule has 5 rings (SSSR count). The Kier molecular flexibility index (Phi) is 6.07. The van der Waals surface area contributed by atoms with Gasteiger partial charge in [-0.2, -0.15) is 9.57 Å². The van der Waals surface area contributed by atoms with E-state index in [2.05, 4.69) is 16.4 Å². The number of pyridine rings is 1. The summed E-state index contributed by atoms with van der Waals surface area (Å²) in [6.07, 6.45) is 2.69. The van der Waals surface area contributed by atoms with Gasteiger partial charge in [0.05, 0.1) is 17.3 Å². The van der Waals surface area contributed by atoms with Crippen LogP contribution in [0.25, 0.3) is 22.2 Å². The van der Waals surface area contributed by atoms with Gasteiger partial charge < -0.3 is 9.73 Å². The van der Waals surface area contributed by atoms with Crippen molar-refractivity contribution in [3.63, 3.8) is 0 Å².